The molecule has 0 spiro atoms. The number of hydrogen-bond acceptors (Lipinski definition) is 3. The Bertz CT molecular complexity index is 612. The molecule has 102 valence electrons. The van der Waals surface area contributed by atoms with Crippen LogP contribution in [-0.4, -0.2) is 22.0 Å². The Hall–Kier alpha value is -2.69. The molecule has 0 atom stereocenters. The van der Waals surface area contributed by atoms with Crippen molar-refractivity contribution in [2.75, 3.05) is 5.32 Å². The van der Waals surface area contributed by atoms with Gasteiger partial charge in [-0.25, -0.2) is 0 Å². The van der Waals surface area contributed by atoms with Crippen LogP contribution in [0.1, 0.15) is 12.8 Å². The SMILES string of the molecule is O=C(O)CCC(=O)Nc1cccc(-c2cccnc2)c1. The number of carboxylic acid groups (broad SMARTS) is 1. The summed E-state index contributed by atoms with van der Waals surface area (Å²) < 4.78 is 0. The summed E-state index contributed by atoms with van der Waals surface area (Å²) in [4.78, 5) is 26.0. The van der Waals surface area contributed by atoms with Gasteiger partial charge in [-0.3, -0.25) is 14.6 Å². The Morgan fingerprint density at radius 2 is 1.90 bits per heavy atom. The van der Waals surface area contributed by atoms with Crippen molar-refractivity contribution < 1.29 is 14.7 Å². The first-order chi connectivity index (χ1) is 9.65. The number of hydrogen-bond donors (Lipinski definition) is 2. The second-order valence-electron chi connectivity index (χ2n) is 4.26. The average molecular weight is 270 g/mol. The molecule has 1 aromatic carbocycles. The fourth-order valence-corrected chi connectivity index (χ4v) is 1.75. The molecule has 1 amide bonds. The van der Waals surface area contributed by atoms with E-state index >= 15 is 0 Å². The van der Waals surface area contributed by atoms with Crippen LogP contribution in [-0.2, 0) is 9.59 Å². The lowest BCUT2D eigenvalue weighted by atomic mass is 10.1. The van der Waals surface area contributed by atoms with E-state index in [0.717, 1.165) is 11.1 Å². The number of pyridine rings is 1. The summed E-state index contributed by atoms with van der Waals surface area (Å²) in [7, 11) is 0. The van der Waals surface area contributed by atoms with Crippen molar-refractivity contribution in [1.29, 1.82) is 0 Å². The highest BCUT2D eigenvalue weighted by molar-refractivity contribution is 5.93. The summed E-state index contributed by atoms with van der Waals surface area (Å²) in [5, 5.41) is 11.2. The first-order valence-corrected chi connectivity index (χ1v) is 6.17. The molecular weight excluding hydrogens is 256 g/mol. The maximum absolute atomic E-state index is 11.6. The molecule has 0 aliphatic heterocycles. The summed E-state index contributed by atoms with van der Waals surface area (Å²) >= 11 is 0. The van der Waals surface area contributed by atoms with Gasteiger partial charge in [-0.15, -0.1) is 0 Å². The number of aliphatic carboxylic acids is 1. The van der Waals surface area contributed by atoms with Gasteiger partial charge in [-0.2, -0.15) is 0 Å². The first-order valence-electron chi connectivity index (χ1n) is 6.17. The smallest absolute Gasteiger partial charge is 0.303 e. The molecule has 0 fully saturated rings. The fourth-order valence-electron chi connectivity index (χ4n) is 1.75. The fraction of sp³-hybridized carbons (Fsp3) is 0.133. The molecule has 5 heteroatoms. The molecule has 5 nitrogen and oxygen atoms in total. The van der Waals surface area contributed by atoms with Crippen molar-refractivity contribution >= 4 is 17.6 Å². The van der Waals surface area contributed by atoms with E-state index in [1.165, 1.54) is 0 Å². The van der Waals surface area contributed by atoms with E-state index < -0.39 is 5.97 Å². The largest absolute Gasteiger partial charge is 0.481 e. The Labute approximate surface area is 116 Å². The summed E-state index contributed by atoms with van der Waals surface area (Å²) in [6.45, 7) is 0. The summed E-state index contributed by atoms with van der Waals surface area (Å²) in [6.07, 6.45) is 3.23. The molecule has 0 saturated carbocycles. The molecule has 1 aromatic heterocycles. The Morgan fingerprint density at radius 1 is 1.10 bits per heavy atom. The average Bonchev–Trinajstić information content (AvgIpc) is 2.46. The van der Waals surface area contributed by atoms with E-state index in [1.54, 1.807) is 18.5 Å². The second kappa shape index (κ2) is 6.47. The van der Waals surface area contributed by atoms with Crippen LogP contribution in [0.4, 0.5) is 5.69 Å². The minimum absolute atomic E-state index is 0.0353. The maximum atomic E-state index is 11.6. The highest BCUT2D eigenvalue weighted by atomic mass is 16.4. The van der Waals surface area contributed by atoms with Crippen molar-refractivity contribution in [3.8, 4) is 11.1 Å². The molecule has 0 aliphatic rings. The van der Waals surface area contributed by atoms with Gasteiger partial charge < -0.3 is 10.4 Å². The molecule has 0 aliphatic carbocycles. The minimum Gasteiger partial charge on any atom is -0.481 e. The highest BCUT2D eigenvalue weighted by Gasteiger charge is 2.06. The van der Waals surface area contributed by atoms with Crippen molar-refractivity contribution in [2.24, 2.45) is 0 Å². The quantitative estimate of drug-likeness (QED) is 0.875. The molecular formula is C15H14N2O3. The first kappa shape index (κ1) is 13.7. The number of carbonyl (C=O) groups excluding carboxylic acids is 1. The van der Waals surface area contributed by atoms with Gasteiger partial charge in [-0.1, -0.05) is 18.2 Å². The van der Waals surface area contributed by atoms with Crippen LogP contribution in [0, 0.1) is 0 Å². The van der Waals surface area contributed by atoms with E-state index in [2.05, 4.69) is 10.3 Å². The van der Waals surface area contributed by atoms with Crippen LogP contribution in [0.5, 0.6) is 0 Å². The third-order valence-corrected chi connectivity index (χ3v) is 2.71. The molecule has 2 aromatic rings. The van der Waals surface area contributed by atoms with Crippen LogP contribution >= 0.6 is 0 Å². The predicted octanol–water partition coefficient (Wildman–Crippen LogP) is 2.55. The molecule has 2 rings (SSSR count). The van der Waals surface area contributed by atoms with Crippen molar-refractivity contribution in [3.05, 3.63) is 48.8 Å². The van der Waals surface area contributed by atoms with Crippen LogP contribution < -0.4 is 5.32 Å². The Morgan fingerprint density at radius 3 is 2.60 bits per heavy atom. The molecule has 0 saturated heterocycles. The number of rotatable bonds is 5. The number of anilines is 1. The lowest BCUT2D eigenvalue weighted by molar-refractivity contribution is -0.138. The molecule has 2 N–H and O–H groups in total. The van der Waals surface area contributed by atoms with E-state index in [0.29, 0.717) is 5.69 Å². The highest BCUT2D eigenvalue weighted by Crippen LogP contribution is 2.21. The maximum Gasteiger partial charge on any atom is 0.303 e. The lowest BCUT2D eigenvalue weighted by Gasteiger charge is -2.07. The molecule has 1 heterocycles. The number of benzene rings is 1. The van der Waals surface area contributed by atoms with Crippen molar-refractivity contribution in [2.45, 2.75) is 12.8 Å². The number of aromatic nitrogens is 1. The van der Waals surface area contributed by atoms with E-state index in [-0.39, 0.29) is 18.7 Å². The van der Waals surface area contributed by atoms with Gasteiger partial charge in [0.2, 0.25) is 5.91 Å². The van der Waals surface area contributed by atoms with Gasteiger partial charge in [-0.05, 0) is 23.8 Å². The number of nitrogens with one attached hydrogen (secondary N) is 1. The van der Waals surface area contributed by atoms with E-state index in [1.807, 2.05) is 30.3 Å². The number of carboxylic acids is 1. The van der Waals surface area contributed by atoms with E-state index in [9.17, 15) is 9.59 Å². The van der Waals surface area contributed by atoms with Crippen LogP contribution in [0.3, 0.4) is 0 Å². The summed E-state index contributed by atoms with van der Waals surface area (Å²) in [5.41, 5.74) is 2.53. The summed E-state index contributed by atoms with van der Waals surface area (Å²) in [6, 6.07) is 11.1. The summed E-state index contributed by atoms with van der Waals surface area (Å²) in [5.74, 6) is -1.29. The molecule has 0 bridgehead atoms. The van der Waals surface area contributed by atoms with Crippen LogP contribution in [0.2, 0.25) is 0 Å². The number of carbonyl (C=O) groups is 2. The predicted molar refractivity (Wildman–Crippen MR) is 75.2 cm³/mol. The minimum atomic E-state index is -0.982. The number of amides is 1. The molecule has 20 heavy (non-hydrogen) atoms. The van der Waals surface area contributed by atoms with Gasteiger partial charge in [0.05, 0.1) is 6.42 Å². The van der Waals surface area contributed by atoms with Gasteiger partial charge >= 0.3 is 5.97 Å². The van der Waals surface area contributed by atoms with Gasteiger partial charge in [0.1, 0.15) is 0 Å². The number of nitrogens with zero attached hydrogens (tertiary/aromatic N) is 1. The second-order valence-corrected chi connectivity index (χ2v) is 4.26. The molecule has 0 unspecified atom stereocenters. The van der Waals surface area contributed by atoms with Gasteiger partial charge in [0, 0.05) is 30.1 Å². The topological polar surface area (TPSA) is 79.3 Å². The standard InChI is InChI=1S/C15H14N2O3/c18-14(6-7-15(19)20)17-13-5-1-3-11(9-13)12-4-2-8-16-10-12/h1-5,8-10H,6-7H2,(H,17,18)(H,19,20). The van der Waals surface area contributed by atoms with Crippen molar-refractivity contribution in [3.63, 3.8) is 0 Å². The van der Waals surface area contributed by atoms with Crippen molar-refractivity contribution in [1.82, 2.24) is 4.98 Å². The van der Waals surface area contributed by atoms with Gasteiger partial charge in [0.15, 0.2) is 0 Å². The van der Waals surface area contributed by atoms with Crippen LogP contribution in [0.25, 0.3) is 11.1 Å². The normalized spacial score (nSPS) is 10.0. The Balaban J connectivity index is 2.07. The van der Waals surface area contributed by atoms with E-state index in [4.69, 9.17) is 5.11 Å². The monoisotopic (exact) mass is 270 g/mol. The zero-order chi connectivity index (χ0) is 14.4. The third kappa shape index (κ3) is 3.91. The van der Waals surface area contributed by atoms with Crippen LogP contribution in [0.15, 0.2) is 48.8 Å². The molecule has 0 radical (unpaired) electrons. The van der Waals surface area contributed by atoms with Gasteiger partial charge in [0.25, 0.3) is 0 Å². The Kier molecular flexibility index (Phi) is 4.44. The lowest BCUT2D eigenvalue weighted by Crippen LogP contribution is -2.13. The zero-order valence-corrected chi connectivity index (χ0v) is 10.7. The third-order valence-electron chi connectivity index (χ3n) is 2.71. The zero-order valence-electron chi connectivity index (χ0n) is 10.7.